The number of fused-ring (bicyclic) bond motifs is 2. The van der Waals surface area contributed by atoms with Crippen LogP contribution in [0.25, 0.3) is 10.9 Å². The van der Waals surface area contributed by atoms with Gasteiger partial charge in [0, 0.05) is 18.4 Å². The minimum Gasteiger partial charge on any atom is -0.314 e. The van der Waals surface area contributed by atoms with E-state index in [9.17, 15) is 0 Å². The summed E-state index contributed by atoms with van der Waals surface area (Å²) in [5.41, 5.74) is 2.80. The number of para-hydroxylation sites is 1. The molecule has 3 rings (SSSR count). The zero-order chi connectivity index (χ0) is 11.1. The van der Waals surface area contributed by atoms with Crippen molar-refractivity contribution < 1.29 is 0 Å². The first-order valence-corrected chi connectivity index (χ1v) is 5.81. The lowest BCUT2D eigenvalue weighted by molar-refractivity contribution is 0.493. The summed E-state index contributed by atoms with van der Waals surface area (Å²) in [6.45, 7) is 3.01. The Hall–Kier alpha value is -1.64. The van der Waals surface area contributed by atoms with Crippen molar-refractivity contribution in [3.63, 3.8) is 0 Å². The predicted molar refractivity (Wildman–Crippen MR) is 63.3 cm³/mol. The Morgan fingerprint density at radius 3 is 3.06 bits per heavy atom. The fraction of sp³-hybridized carbons (Fsp3) is 0.385. The predicted octanol–water partition coefficient (Wildman–Crippen LogP) is 2.16. The number of hydrogen-bond acceptors (Lipinski definition) is 2. The van der Waals surface area contributed by atoms with Gasteiger partial charge < -0.3 is 4.57 Å². The monoisotopic (exact) mass is 213 g/mol. The third-order valence-electron chi connectivity index (χ3n) is 3.35. The number of nitrogens with zero attached hydrogens (tertiary/aromatic N) is 2. The van der Waals surface area contributed by atoms with Crippen molar-refractivity contribution in [3.05, 3.63) is 35.1 Å². The standard InChI is InChI=1S/C13H15N3/c1-9-5-4-6-10-12(9)15-11-7-2-3-8-16(11)13(10)14/h4-6,14H,2-3,7-8H2,1H3. The molecule has 1 N–H and O–H groups in total. The Balaban J connectivity index is 2.44. The van der Waals surface area contributed by atoms with Crippen LogP contribution in [0.3, 0.4) is 0 Å². The fourth-order valence-electron chi connectivity index (χ4n) is 2.45. The van der Waals surface area contributed by atoms with Crippen LogP contribution in [0.15, 0.2) is 18.2 Å². The van der Waals surface area contributed by atoms with Crippen LogP contribution >= 0.6 is 0 Å². The van der Waals surface area contributed by atoms with Crippen molar-refractivity contribution in [3.8, 4) is 0 Å². The summed E-state index contributed by atoms with van der Waals surface area (Å²) in [6, 6.07) is 6.07. The summed E-state index contributed by atoms with van der Waals surface area (Å²) < 4.78 is 2.06. The molecular weight excluding hydrogens is 198 g/mol. The molecule has 0 radical (unpaired) electrons. The van der Waals surface area contributed by atoms with E-state index in [2.05, 4.69) is 17.6 Å². The fourth-order valence-corrected chi connectivity index (χ4v) is 2.45. The lowest BCUT2D eigenvalue weighted by atomic mass is 10.1. The molecule has 1 aliphatic rings. The second-order valence-electron chi connectivity index (χ2n) is 4.46. The molecule has 0 saturated carbocycles. The van der Waals surface area contributed by atoms with E-state index in [0.29, 0.717) is 5.49 Å². The first kappa shape index (κ1) is 9.58. The van der Waals surface area contributed by atoms with Crippen molar-refractivity contribution in [2.45, 2.75) is 32.7 Å². The lowest BCUT2D eigenvalue weighted by Gasteiger charge is -2.19. The molecule has 0 fully saturated rings. The molecule has 82 valence electrons. The van der Waals surface area contributed by atoms with Crippen molar-refractivity contribution in [1.29, 1.82) is 5.41 Å². The summed E-state index contributed by atoms with van der Waals surface area (Å²) in [5, 5.41) is 9.21. The number of rotatable bonds is 0. The lowest BCUT2D eigenvalue weighted by Crippen LogP contribution is -2.28. The van der Waals surface area contributed by atoms with E-state index >= 15 is 0 Å². The minimum atomic E-state index is 0.628. The normalized spacial score (nSPS) is 15.1. The molecule has 3 heteroatoms. The van der Waals surface area contributed by atoms with E-state index in [1.54, 1.807) is 0 Å². The Labute approximate surface area is 94.3 Å². The van der Waals surface area contributed by atoms with Crippen LogP contribution in [0.1, 0.15) is 24.2 Å². The zero-order valence-electron chi connectivity index (χ0n) is 9.45. The highest BCUT2D eigenvalue weighted by atomic mass is 15.1. The van der Waals surface area contributed by atoms with Crippen LogP contribution < -0.4 is 5.49 Å². The largest absolute Gasteiger partial charge is 0.314 e. The van der Waals surface area contributed by atoms with Crippen LogP contribution in [0.4, 0.5) is 0 Å². The van der Waals surface area contributed by atoms with E-state index < -0.39 is 0 Å². The smallest absolute Gasteiger partial charge is 0.135 e. The maximum atomic E-state index is 8.24. The number of hydrogen-bond donors (Lipinski definition) is 1. The van der Waals surface area contributed by atoms with Gasteiger partial charge >= 0.3 is 0 Å². The van der Waals surface area contributed by atoms with Gasteiger partial charge in [0.1, 0.15) is 11.3 Å². The third-order valence-corrected chi connectivity index (χ3v) is 3.35. The van der Waals surface area contributed by atoms with E-state index in [0.717, 1.165) is 29.7 Å². The highest BCUT2D eigenvalue weighted by Crippen LogP contribution is 2.16. The Bertz CT molecular complexity index is 610. The van der Waals surface area contributed by atoms with Gasteiger partial charge in [0.25, 0.3) is 0 Å². The van der Waals surface area contributed by atoms with Crippen LogP contribution in [0, 0.1) is 12.3 Å². The molecule has 0 unspecified atom stereocenters. The van der Waals surface area contributed by atoms with Crippen molar-refractivity contribution in [2.75, 3.05) is 0 Å². The zero-order valence-corrected chi connectivity index (χ0v) is 9.45. The van der Waals surface area contributed by atoms with E-state index in [1.165, 1.54) is 18.4 Å². The van der Waals surface area contributed by atoms with Gasteiger partial charge in [-0.3, -0.25) is 5.41 Å². The highest BCUT2D eigenvalue weighted by Gasteiger charge is 2.13. The van der Waals surface area contributed by atoms with E-state index in [1.807, 2.05) is 12.1 Å². The molecule has 2 heterocycles. The maximum absolute atomic E-state index is 8.24. The van der Waals surface area contributed by atoms with Crippen molar-refractivity contribution in [2.24, 2.45) is 0 Å². The van der Waals surface area contributed by atoms with E-state index in [-0.39, 0.29) is 0 Å². The van der Waals surface area contributed by atoms with Crippen LogP contribution in [0.2, 0.25) is 0 Å². The highest BCUT2D eigenvalue weighted by molar-refractivity contribution is 5.80. The second kappa shape index (κ2) is 3.44. The average Bonchev–Trinajstić information content (AvgIpc) is 2.31. The van der Waals surface area contributed by atoms with Crippen molar-refractivity contribution >= 4 is 10.9 Å². The van der Waals surface area contributed by atoms with E-state index in [4.69, 9.17) is 10.4 Å². The minimum absolute atomic E-state index is 0.628. The second-order valence-corrected chi connectivity index (χ2v) is 4.46. The molecule has 0 saturated heterocycles. The van der Waals surface area contributed by atoms with Gasteiger partial charge in [0.2, 0.25) is 0 Å². The first-order chi connectivity index (χ1) is 7.77. The summed E-state index contributed by atoms with van der Waals surface area (Å²) in [5.74, 6) is 1.08. The topological polar surface area (TPSA) is 41.7 Å². The molecule has 0 aliphatic carbocycles. The van der Waals surface area contributed by atoms with Gasteiger partial charge in [-0.2, -0.15) is 0 Å². The summed E-state index contributed by atoms with van der Waals surface area (Å²) in [4.78, 5) is 4.72. The van der Waals surface area contributed by atoms with Crippen LogP contribution in [-0.4, -0.2) is 9.55 Å². The third kappa shape index (κ3) is 1.28. The van der Waals surface area contributed by atoms with Crippen LogP contribution in [0.5, 0.6) is 0 Å². The van der Waals surface area contributed by atoms with Gasteiger partial charge in [-0.1, -0.05) is 12.1 Å². The summed E-state index contributed by atoms with van der Waals surface area (Å²) >= 11 is 0. The molecule has 1 aromatic heterocycles. The van der Waals surface area contributed by atoms with Gasteiger partial charge in [-0.05, 0) is 31.4 Å². The molecule has 0 amide bonds. The van der Waals surface area contributed by atoms with Gasteiger partial charge in [0.15, 0.2) is 0 Å². The molecular formula is C13H15N3. The SMILES string of the molecule is Cc1cccc2c(=N)n3c(nc12)CCCC3. The average molecular weight is 213 g/mol. The molecule has 1 aliphatic heterocycles. The Kier molecular flexibility index (Phi) is 2.06. The van der Waals surface area contributed by atoms with Gasteiger partial charge in [-0.25, -0.2) is 4.98 Å². The maximum Gasteiger partial charge on any atom is 0.135 e. The number of nitrogens with one attached hydrogen (secondary N) is 1. The molecule has 3 nitrogen and oxygen atoms in total. The number of aryl methyl sites for hydroxylation is 2. The summed E-state index contributed by atoms with van der Waals surface area (Å²) in [6.07, 6.45) is 3.38. The van der Waals surface area contributed by atoms with Gasteiger partial charge in [0.05, 0.1) is 5.52 Å². The Morgan fingerprint density at radius 1 is 1.31 bits per heavy atom. The number of aromatic nitrogens is 2. The molecule has 0 bridgehead atoms. The molecule has 0 spiro atoms. The number of benzene rings is 1. The molecule has 0 atom stereocenters. The molecule has 16 heavy (non-hydrogen) atoms. The Morgan fingerprint density at radius 2 is 2.19 bits per heavy atom. The first-order valence-electron chi connectivity index (χ1n) is 5.81. The van der Waals surface area contributed by atoms with Crippen molar-refractivity contribution in [1.82, 2.24) is 9.55 Å². The summed E-state index contributed by atoms with van der Waals surface area (Å²) in [7, 11) is 0. The quantitative estimate of drug-likeness (QED) is 0.716. The molecule has 2 aromatic rings. The van der Waals surface area contributed by atoms with Gasteiger partial charge in [-0.15, -0.1) is 0 Å². The van der Waals surface area contributed by atoms with Crippen LogP contribution in [-0.2, 0) is 13.0 Å². The molecule has 1 aromatic carbocycles.